The molecule has 0 saturated heterocycles. The lowest BCUT2D eigenvalue weighted by molar-refractivity contribution is -0.121. The highest BCUT2D eigenvalue weighted by molar-refractivity contribution is 5.99. The van der Waals surface area contributed by atoms with Crippen molar-refractivity contribution in [2.24, 2.45) is 5.10 Å². The van der Waals surface area contributed by atoms with E-state index in [1.165, 1.54) is 32.1 Å². The van der Waals surface area contributed by atoms with Crippen molar-refractivity contribution in [2.45, 2.75) is 65.2 Å². The van der Waals surface area contributed by atoms with Gasteiger partial charge in [-0.3, -0.25) is 4.79 Å². The molecule has 0 atom stereocenters. The summed E-state index contributed by atoms with van der Waals surface area (Å²) in [7, 11) is 3.20. The number of carbonyl (C=O) groups excluding carboxylic acids is 1. The van der Waals surface area contributed by atoms with Gasteiger partial charge in [-0.25, -0.2) is 5.43 Å². The summed E-state index contributed by atoms with van der Waals surface area (Å²) in [5, 5.41) is 4.19. The molecule has 140 valence electrons. The number of ether oxygens (including phenoxy) is 2. The maximum absolute atomic E-state index is 11.9. The largest absolute Gasteiger partial charge is 0.493 e. The predicted octanol–water partition coefficient (Wildman–Crippen LogP) is 4.68. The van der Waals surface area contributed by atoms with E-state index < -0.39 is 0 Å². The maximum atomic E-state index is 11.9. The Morgan fingerprint density at radius 3 is 2.28 bits per heavy atom. The van der Waals surface area contributed by atoms with E-state index in [1.807, 2.05) is 25.1 Å². The molecule has 5 nitrogen and oxygen atoms in total. The van der Waals surface area contributed by atoms with Crippen LogP contribution in [0, 0.1) is 0 Å². The van der Waals surface area contributed by atoms with Crippen molar-refractivity contribution in [3.8, 4) is 11.5 Å². The third kappa shape index (κ3) is 8.05. The van der Waals surface area contributed by atoms with Gasteiger partial charge in [-0.1, -0.05) is 45.4 Å². The minimum absolute atomic E-state index is 0.0339. The van der Waals surface area contributed by atoms with Crippen LogP contribution in [-0.2, 0) is 4.79 Å². The average Bonchev–Trinajstić information content (AvgIpc) is 2.64. The third-order valence-electron chi connectivity index (χ3n) is 4.16. The van der Waals surface area contributed by atoms with Gasteiger partial charge in [-0.15, -0.1) is 0 Å². The number of unbranched alkanes of at least 4 members (excludes halogenated alkanes) is 6. The van der Waals surface area contributed by atoms with Gasteiger partial charge in [0, 0.05) is 12.0 Å². The molecule has 0 aliphatic carbocycles. The molecular formula is C20H32N2O3. The summed E-state index contributed by atoms with van der Waals surface area (Å²) in [5.74, 6) is 1.28. The monoisotopic (exact) mass is 348 g/mol. The lowest BCUT2D eigenvalue weighted by Gasteiger charge is -2.09. The summed E-state index contributed by atoms with van der Waals surface area (Å²) in [6, 6.07) is 5.57. The van der Waals surface area contributed by atoms with Gasteiger partial charge in [-0.2, -0.15) is 5.10 Å². The van der Waals surface area contributed by atoms with Crippen molar-refractivity contribution < 1.29 is 14.3 Å². The highest BCUT2D eigenvalue weighted by Crippen LogP contribution is 2.27. The number of hydrazone groups is 1. The Morgan fingerprint density at radius 2 is 1.64 bits per heavy atom. The molecule has 1 amide bonds. The van der Waals surface area contributed by atoms with E-state index in [0.29, 0.717) is 17.9 Å². The van der Waals surface area contributed by atoms with Crippen LogP contribution in [0.2, 0.25) is 0 Å². The third-order valence-corrected chi connectivity index (χ3v) is 4.16. The maximum Gasteiger partial charge on any atom is 0.240 e. The van der Waals surface area contributed by atoms with E-state index in [4.69, 9.17) is 9.47 Å². The smallest absolute Gasteiger partial charge is 0.240 e. The van der Waals surface area contributed by atoms with Crippen LogP contribution in [0.4, 0.5) is 0 Å². The van der Waals surface area contributed by atoms with Crippen molar-refractivity contribution in [2.75, 3.05) is 14.2 Å². The minimum atomic E-state index is -0.0339. The molecule has 1 aromatic carbocycles. The fourth-order valence-corrected chi connectivity index (χ4v) is 2.57. The molecule has 0 aromatic heterocycles. The van der Waals surface area contributed by atoms with E-state index in [9.17, 15) is 4.79 Å². The molecule has 0 fully saturated rings. The zero-order valence-electron chi connectivity index (χ0n) is 16.1. The second-order valence-corrected chi connectivity index (χ2v) is 6.17. The van der Waals surface area contributed by atoms with Gasteiger partial charge < -0.3 is 9.47 Å². The molecule has 0 aliphatic heterocycles. The summed E-state index contributed by atoms with van der Waals surface area (Å²) < 4.78 is 10.5. The Hall–Kier alpha value is -2.04. The Morgan fingerprint density at radius 1 is 1.00 bits per heavy atom. The van der Waals surface area contributed by atoms with E-state index in [1.54, 1.807) is 14.2 Å². The highest BCUT2D eigenvalue weighted by Gasteiger charge is 2.07. The highest BCUT2D eigenvalue weighted by atomic mass is 16.5. The van der Waals surface area contributed by atoms with E-state index in [2.05, 4.69) is 17.5 Å². The first-order valence-electron chi connectivity index (χ1n) is 9.17. The molecule has 1 N–H and O–H groups in total. The molecule has 25 heavy (non-hydrogen) atoms. The van der Waals surface area contributed by atoms with Gasteiger partial charge in [0.15, 0.2) is 11.5 Å². The molecule has 0 radical (unpaired) electrons. The van der Waals surface area contributed by atoms with Gasteiger partial charge in [0.1, 0.15) is 0 Å². The molecule has 0 saturated carbocycles. The van der Waals surface area contributed by atoms with Gasteiger partial charge in [0.2, 0.25) is 5.91 Å². The van der Waals surface area contributed by atoms with Crippen molar-refractivity contribution in [1.82, 2.24) is 5.43 Å². The number of methoxy groups -OCH3 is 2. The second-order valence-electron chi connectivity index (χ2n) is 6.17. The molecule has 0 aliphatic rings. The number of carbonyl (C=O) groups is 1. The molecule has 1 aromatic rings. The number of benzene rings is 1. The standard InChI is InChI=1S/C20H32N2O3/c1-5-6-7-8-9-10-11-12-20(23)22-21-16(2)17-13-14-18(24-3)19(15-17)25-4/h13-15H,5-12H2,1-4H3,(H,22,23). The summed E-state index contributed by atoms with van der Waals surface area (Å²) >= 11 is 0. The van der Waals surface area contributed by atoms with E-state index >= 15 is 0 Å². The number of amides is 1. The summed E-state index contributed by atoms with van der Waals surface area (Å²) in [6.45, 7) is 4.07. The van der Waals surface area contributed by atoms with Crippen molar-refractivity contribution in [3.05, 3.63) is 23.8 Å². The van der Waals surface area contributed by atoms with E-state index in [0.717, 1.165) is 24.1 Å². The second kappa shape index (κ2) is 12.3. The van der Waals surface area contributed by atoms with Crippen LogP contribution in [0.15, 0.2) is 23.3 Å². The van der Waals surface area contributed by atoms with Crippen LogP contribution in [0.1, 0.15) is 70.8 Å². The first kappa shape index (κ1) is 21.0. The lowest BCUT2D eigenvalue weighted by atomic mass is 10.1. The molecule has 1 rings (SSSR count). The van der Waals surface area contributed by atoms with Gasteiger partial charge in [-0.05, 0) is 31.5 Å². The van der Waals surface area contributed by atoms with Crippen LogP contribution in [0.3, 0.4) is 0 Å². The first-order valence-corrected chi connectivity index (χ1v) is 9.17. The average molecular weight is 348 g/mol. The lowest BCUT2D eigenvalue weighted by Crippen LogP contribution is -2.18. The quantitative estimate of drug-likeness (QED) is 0.339. The number of rotatable bonds is 12. The molecule has 0 spiro atoms. The van der Waals surface area contributed by atoms with Crippen molar-refractivity contribution in [3.63, 3.8) is 0 Å². The van der Waals surface area contributed by atoms with Crippen molar-refractivity contribution in [1.29, 1.82) is 0 Å². The van der Waals surface area contributed by atoms with Crippen LogP contribution in [0.5, 0.6) is 11.5 Å². The fraction of sp³-hybridized carbons (Fsp3) is 0.600. The van der Waals surface area contributed by atoms with Crippen LogP contribution in [0.25, 0.3) is 0 Å². The number of hydrogen-bond donors (Lipinski definition) is 1. The van der Waals surface area contributed by atoms with Gasteiger partial charge in [0.25, 0.3) is 0 Å². The van der Waals surface area contributed by atoms with E-state index in [-0.39, 0.29) is 5.91 Å². The topological polar surface area (TPSA) is 59.9 Å². The fourth-order valence-electron chi connectivity index (χ4n) is 2.57. The Balaban J connectivity index is 2.38. The normalized spacial score (nSPS) is 11.3. The zero-order chi connectivity index (χ0) is 18.5. The van der Waals surface area contributed by atoms with Crippen LogP contribution in [-0.4, -0.2) is 25.8 Å². The van der Waals surface area contributed by atoms with Gasteiger partial charge in [0.05, 0.1) is 19.9 Å². The summed E-state index contributed by atoms with van der Waals surface area (Å²) in [4.78, 5) is 11.9. The van der Waals surface area contributed by atoms with Crippen molar-refractivity contribution >= 4 is 11.6 Å². The Kier molecular flexibility index (Phi) is 10.4. The summed E-state index contributed by atoms with van der Waals surface area (Å²) in [6.07, 6.45) is 8.91. The SMILES string of the molecule is CCCCCCCCCC(=O)NN=C(C)c1ccc(OC)c(OC)c1. The molecule has 5 heteroatoms. The van der Waals surface area contributed by atoms with Crippen LogP contribution >= 0.6 is 0 Å². The Labute approximate surface area is 151 Å². The Bertz CT molecular complexity index is 556. The number of nitrogens with zero attached hydrogens (tertiary/aromatic N) is 1. The molecular weight excluding hydrogens is 316 g/mol. The summed E-state index contributed by atoms with van der Waals surface area (Å²) in [5.41, 5.74) is 4.25. The first-order chi connectivity index (χ1) is 12.1. The number of nitrogens with one attached hydrogen (secondary N) is 1. The predicted molar refractivity (Wildman–Crippen MR) is 103 cm³/mol. The molecule has 0 unspecified atom stereocenters. The zero-order valence-corrected chi connectivity index (χ0v) is 16.1. The molecule has 0 bridgehead atoms. The molecule has 0 heterocycles. The number of hydrogen-bond acceptors (Lipinski definition) is 4. The van der Waals surface area contributed by atoms with Gasteiger partial charge >= 0.3 is 0 Å². The minimum Gasteiger partial charge on any atom is -0.493 e. The van der Waals surface area contributed by atoms with Crippen LogP contribution < -0.4 is 14.9 Å².